The number of rotatable bonds is 0. The summed E-state index contributed by atoms with van der Waals surface area (Å²) in [7, 11) is 0. The van der Waals surface area contributed by atoms with E-state index in [1.807, 2.05) is 12.1 Å². The number of para-hydroxylation sites is 1. The van der Waals surface area contributed by atoms with Crippen LogP contribution in [0.2, 0.25) is 0 Å². The number of benzene rings is 1. The molecule has 0 bridgehead atoms. The predicted octanol–water partition coefficient (Wildman–Crippen LogP) is 3.95. The van der Waals surface area contributed by atoms with Crippen molar-refractivity contribution in [2.45, 2.75) is 13.3 Å². The van der Waals surface area contributed by atoms with Gasteiger partial charge in [-0.3, -0.25) is 0 Å². The zero-order valence-electron chi connectivity index (χ0n) is 8.66. The Morgan fingerprint density at radius 3 is 3.00 bits per heavy atom. The van der Waals surface area contributed by atoms with E-state index in [2.05, 4.69) is 37.3 Å². The number of fused-ring (bicyclic) bond motifs is 3. The van der Waals surface area contributed by atoms with Crippen LogP contribution in [0.3, 0.4) is 0 Å². The molecule has 0 saturated heterocycles. The summed E-state index contributed by atoms with van der Waals surface area (Å²) < 4.78 is 5.85. The Labute approximate surface area is 88.7 Å². The van der Waals surface area contributed by atoms with E-state index in [9.17, 15) is 0 Å². The molecule has 0 fully saturated rings. The highest BCUT2D eigenvalue weighted by atomic mass is 16.3. The maximum Gasteiger partial charge on any atom is 0.134 e. The molecule has 0 spiro atoms. The third-order valence-corrected chi connectivity index (χ3v) is 2.79. The van der Waals surface area contributed by atoms with E-state index in [0.717, 1.165) is 17.8 Å². The maximum atomic E-state index is 5.85. The van der Waals surface area contributed by atoms with Crippen LogP contribution in [0.1, 0.15) is 18.2 Å². The Bertz CT molecular complexity index is 570. The summed E-state index contributed by atoms with van der Waals surface area (Å²) in [5.41, 5.74) is 3.56. The lowest BCUT2D eigenvalue weighted by atomic mass is 10.1. The standard InChI is InChI=1S/C14H12O/c1-10-5-4-7-12-11-6-2-3-8-13(11)15-14(12)9-10/h2-8H,9H2,1H3. The van der Waals surface area contributed by atoms with Crippen LogP contribution >= 0.6 is 0 Å². The van der Waals surface area contributed by atoms with Crippen molar-refractivity contribution in [2.24, 2.45) is 0 Å². The van der Waals surface area contributed by atoms with Gasteiger partial charge in [-0.25, -0.2) is 0 Å². The zero-order chi connectivity index (χ0) is 10.3. The summed E-state index contributed by atoms with van der Waals surface area (Å²) in [6.45, 7) is 2.13. The maximum absolute atomic E-state index is 5.85. The molecule has 1 heterocycles. The second-order valence-corrected chi connectivity index (χ2v) is 3.98. The van der Waals surface area contributed by atoms with Crippen LogP contribution in [-0.4, -0.2) is 0 Å². The second-order valence-electron chi connectivity index (χ2n) is 3.98. The third kappa shape index (κ3) is 1.32. The van der Waals surface area contributed by atoms with E-state index in [0.29, 0.717) is 0 Å². The molecule has 1 aromatic heterocycles. The molecule has 74 valence electrons. The molecular formula is C14H12O. The highest BCUT2D eigenvalue weighted by Gasteiger charge is 2.12. The Morgan fingerprint density at radius 1 is 1.20 bits per heavy atom. The fraction of sp³-hybridized carbons (Fsp3) is 0.143. The van der Waals surface area contributed by atoms with Crippen molar-refractivity contribution < 1.29 is 4.42 Å². The van der Waals surface area contributed by atoms with E-state index in [-0.39, 0.29) is 0 Å². The minimum atomic E-state index is 0.914. The first-order chi connectivity index (χ1) is 7.34. The van der Waals surface area contributed by atoms with E-state index in [4.69, 9.17) is 4.42 Å². The summed E-state index contributed by atoms with van der Waals surface area (Å²) in [6, 6.07) is 8.20. The SMILES string of the molecule is CC1=CC=Cc2c(oc3ccccc23)C1. The van der Waals surface area contributed by atoms with Gasteiger partial charge in [0, 0.05) is 17.4 Å². The number of hydrogen-bond donors (Lipinski definition) is 0. The van der Waals surface area contributed by atoms with Gasteiger partial charge in [-0.1, -0.05) is 42.0 Å². The van der Waals surface area contributed by atoms with Crippen molar-refractivity contribution in [1.82, 2.24) is 0 Å². The first-order valence-corrected chi connectivity index (χ1v) is 5.19. The molecule has 0 saturated carbocycles. The molecule has 0 radical (unpaired) electrons. The van der Waals surface area contributed by atoms with Gasteiger partial charge in [0.05, 0.1) is 0 Å². The zero-order valence-corrected chi connectivity index (χ0v) is 8.66. The second kappa shape index (κ2) is 3.13. The molecule has 0 atom stereocenters. The Kier molecular flexibility index (Phi) is 1.78. The molecule has 1 aliphatic rings. The van der Waals surface area contributed by atoms with Crippen molar-refractivity contribution in [3.8, 4) is 0 Å². The normalized spacial score (nSPS) is 14.9. The first-order valence-electron chi connectivity index (χ1n) is 5.19. The van der Waals surface area contributed by atoms with Crippen molar-refractivity contribution in [3.63, 3.8) is 0 Å². The summed E-state index contributed by atoms with van der Waals surface area (Å²) >= 11 is 0. The van der Waals surface area contributed by atoms with Crippen LogP contribution in [-0.2, 0) is 6.42 Å². The van der Waals surface area contributed by atoms with Crippen LogP contribution in [0.5, 0.6) is 0 Å². The van der Waals surface area contributed by atoms with Gasteiger partial charge in [0.25, 0.3) is 0 Å². The molecule has 1 heteroatoms. The lowest BCUT2D eigenvalue weighted by Crippen LogP contribution is -1.83. The third-order valence-electron chi connectivity index (χ3n) is 2.79. The monoisotopic (exact) mass is 196 g/mol. The average molecular weight is 196 g/mol. The van der Waals surface area contributed by atoms with Crippen LogP contribution in [0.15, 0.2) is 46.4 Å². The number of allylic oxidation sites excluding steroid dienone is 3. The van der Waals surface area contributed by atoms with Gasteiger partial charge in [0.1, 0.15) is 11.3 Å². The minimum Gasteiger partial charge on any atom is -0.460 e. The van der Waals surface area contributed by atoms with Gasteiger partial charge in [-0.2, -0.15) is 0 Å². The lowest BCUT2D eigenvalue weighted by molar-refractivity contribution is 0.560. The molecule has 1 aliphatic carbocycles. The first kappa shape index (κ1) is 8.54. The summed E-state index contributed by atoms with van der Waals surface area (Å²) in [6.07, 6.45) is 7.29. The van der Waals surface area contributed by atoms with Crippen LogP contribution in [0.4, 0.5) is 0 Å². The fourth-order valence-electron chi connectivity index (χ4n) is 2.05. The van der Waals surface area contributed by atoms with Crippen molar-refractivity contribution >= 4 is 17.0 Å². The van der Waals surface area contributed by atoms with Crippen molar-refractivity contribution in [1.29, 1.82) is 0 Å². The highest BCUT2D eigenvalue weighted by molar-refractivity contribution is 5.89. The van der Waals surface area contributed by atoms with Crippen molar-refractivity contribution in [2.75, 3.05) is 0 Å². The van der Waals surface area contributed by atoms with Crippen molar-refractivity contribution in [3.05, 3.63) is 53.3 Å². The average Bonchev–Trinajstić information content (AvgIpc) is 2.46. The highest BCUT2D eigenvalue weighted by Crippen LogP contribution is 2.30. The fourth-order valence-corrected chi connectivity index (χ4v) is 2.05. The van der Waals surface area contributed by atoms with E-state index in [1.165, 1.54) is 16.5 Å². The molecule has 0 aliphatic heterocycles. The smallest absolute Gasteiger partial charge is 0.134 e. The van der Waals surface area contributed by atoms with Crippen LogP contribution < -0.4 is 0 Å². The summed E-state index contributed by atoms with van der Waals surface area (Å²) in [4.78, 5) is 0. The van der Waals surface area contributed by atoms with Gasteiger partial charge < -0.3 is 4.42 Å². The van der Waals surface area contributed by atoms with Gasteiger partial charge in [0.15, 0.2) is 0 Å². The molecule has 3 rings (SSSR count). The molecule has 15 heavy (non-hydrogen) atoms. The van der Waals surface area contributed by atoms with Gasteiger partial charge in [0.2, 0.25) is 0 Å². The Morgan fingerprint density at radius 2 is 2.07 bits per heavy atom. The molecule has 1 nitrogen and oxygen atoms in total. The van der Waals surface area contributed by atoms with Gasteiger partial charge >= 0.3 is 0 Å². The molecular weight excluding hydrogens is 184 g/mol. The topological polar surface area (TPSA) is 13.1 Å². The van der Waals surface area contributed by atoms with E-state index in [1.54, 1.807) is 0 Å². The van der Waals surface area contributed by atoms with Crippen LogP contribution in [0.25, 0.3) is 17.0 Å². The van der Waals surface area contributed by atoms with Crippen LogP contribution in [0, 0.1) is 0 Å². The lowest BCUT2D eigenvalue weighted by Gasteiger charge is -1.95. The number of furan rings is 1. The van der Waals surface area contributed by atoms with Gasteiger partial charge in [-0.05, 0) is 13.0 Å². The Hall–Kier alpha value is -1.76. The Balaban J connectivity index is 2.31. The van der Waals surface area contributed by atoms with Gasteiger partial charge in [-0.15, -0.1) is 0 Å². The minimum absolute atomic E-state index is 0.914. The summed E-state index contributed by atoms with van der Waals surface area (Å²) in [5.74, 6) is 1.08. The largest absolute Gasteiger partial charge is 0.460 e. The molecule has 0 N–H and O–H groups in total. The molecule has 0 amide bonds. The molecule has 2 aromatic rings. The molecule has 0 unspecified atom stereocenters. The quantitative estimate of drug-likeness (QED) is 0.621. The van der Waals surface area contributed by atoms with E-state index >= 15 is 0 Å². The predicted molar refractivity (Wildman–Crippen MR) is 62.7 cm³/mol. The molecule has 1 aromatic carbocycles. The number of hydrogen-bond acceptors (Lipinski definition) is 1. The summed E-state index contributed by atoms with van der Waals surface area (Å²) in [5, 5.41) is 1.21. The van der Waals surface area contributed by atoms with E-state index < -0.39 is 0 Å².